The van der Waals surface area contributed by atoms with Crippen molar-refractivity contribution in [1.29, 1.82) is 0 Å². The van der Waals surface area contributed by atoms with Crippen LogP contribution in [0.5, 0.6) is 11.5 Å². The molecule has 0 fully saturated rings. The summed E-state index contributed by atoms with van der Waals surface area (Å²) in [5, 5.41) is 8.22. The first-order valence-corrected chi connectivity index (χ1v) is 11.1. The largest absolute Gasteiger partial charge is 0.493 e. The third-order valence-corrected chi connectivity index (χ3v) is 6.07. The zero-order valence-electron chi connectivity index (χ0n) is 19.3. The van der Waals surface area contributed by atoms with Crippen molar-refractivity contribution >= 4 is 11.7 Å². The highest BCUT2D eigenvalue weighted by molar-refractivity contribution is 6.00. The first-order valence-electron chi connectivity index (χ1n) is 11.1. The number of benzene rings is 1. The maximum atomic E-state index is 13.4. The Bertz CT molecular complexity index is 1250. The van der Waals surface area contributed by atoms with Crippen molar-refractivity contribution in [3.05, 3.63) is 59.6 Å². The maximum absolute atomic E-state index is 13.4. The summed E-state index contributed by atoms with van der Waals surface area (Å²) in [6.45, 7) is 6.70. The number of anilines is 1. The molecule has 8 heteroatoms. The number of methoxy groups -OCH3 is 1. The molecule has 1 N–H and O–H groups in total. The van der Waals surface area contributed by atoms with Crippen LogP contribution in [-0.4, -0.2) is 39.2 Å². The van der Waals surface area contributed by atoms with E-state index in [0.717, 1.165) is 28.8 Å². The van der Waals surface area contributed by atoms with E-state index in [9.17, 15) is 4.79 Å². The lowest BCUT2D eigenvalue weighted by molar-refractivity contribution is -0.118. The van der Waals surface area contributed by atoms with E-state index < -0.39 is 6.04 Å². The van der Waals surface area contributed by atoms with Crippen LogP contribution in [0.2, 0.25) is 0 Å². The molecule has 0 amide bonds. The zero-order chi connectivity index (χ0) is 23.2. The molecule has 8 nitrogen and oxygen atoms in total. The van der Waals surface area contributed by atoms with Gasteiger partial charge in [-0.25, -0.2) is 4.68 Å². The monoisotopic (exact) mass is 445 g/mol. The smallest absolute Gasteiger partial charge is 0.226 e. The molecule has 2 aromatic heterocycles. The van der Waals surface area contributed by atoms with Gasteiger partial charge in [0.1, 0.15) is 6.04 Å². The molecule has 0 saturated heterocycles. The molecule has 0 bridgehead atoms. The number of nitrogens with zero attached hydrogens (tertiary/aromatic N) is 4. The highest BCUT2D eigenvalue weighted by Crippen LogP contribution is 2.46. The fourth-order valence-electron chi connectivity index (χ4n) is 4.67. The molecule has 0 saturated carbocycles. The molecule has 0 spiro atoms. The van der Waals surface area contributed by atoms with E-state index in [2.05, 4.69) is 24.1 Å². The molecule has 0 radical (unpaired) electrons. The van der Waals surface area contributed by atoms with Crippen LogP contribution >= 0.6 is 0 Å². The molecule has 3 aromatic rings. The number of allylic oxidation sites excluding steroid dienone is 2. The number of nitrogens with one attached hydrogen (secondary N) is 1. The Balaban J connectivity index is 1.68. The average molecular weight is 446 g/mol. The summed E-state index contributed by atoms with van der Waals surface area (Å²) in [6, 6.07) is 9.12. The molecule has 1 aromatic carbocycles. The molecule has 170 valence electrons. The lowest BCUT2D eigenvalue weighted by Gasteiger charge is -2.38. The predicted octanol–water partition coefficient (Wildman–Crippen LogP) is 4.41. The number of Topliss-reactive ketones (excluding diaryl/α,β-unsaturated/α-hetero) is 1. The number of aromatic nitrogens is 4. The van der Waals surface area contributed by atoms with Crippen LogP contribution in [0.15, 0.2) is 54.0 Å². The minimum atomic E-state index is -0.410. The molecule has 5 rings (SSSR count). The third-order valence-electron chi connectivity index (χ3n) is 6.07. The van der Waals surface area contributed by atoms with Crippen molar-refractivity contribution in [3.8, 4) is 22.9 Å². The van der Waals surface area contributed by atoms with Crippen molar-refractivity contribution in [2.24, 2.45) is 5.41 Å². The van der Waals surface area contributed by atoms with Gasteiger partial charge in [-0.15, -0.1) is 5.10 Å². The first-order chi connectivity index (χ1) is 15.9. The Morgan fingerprint density at radius 3 is 2.67 bits per heavy atom. The van der Waals surface area contributed by atoms with E-state index >= 15 is 0 Å². The lowest BCUT2D eigenvalue weighted by Crippen LogP contribution is -2.36. The van der Waals surface area contributed by atoms with Gasteiger partial charge in [0.15, 0.2) is 23.1 Å². The van der Waals surface area contributed by atoms with E-state index in [0.29, 0.717) is 36.3 Å². The van der Waals surface area contributed by atoms with Gasteiger partial charge in [0.2, 0.25) is 5.95 Å². The maximum Gasteiger partial charge on any atom is 0.226 e. The van der Waals surface area contributed by atoms with Crippen LogP contribution in [0.3, 0.4) is 0 Å². The van der Waals surface area contributed by atoms with Crippen LogP contribution in [0.25, 0.3) is 11.4 Å². The minimum absolute atomic E-state index is 0.123. The second kappa shape index (κ2) is 8.03. The SMILES string of the molecule is CCOc1ccc(C2C3=C(CC(C)(C)CC3=O)Nc3nc(-c4ccncc4)nn32)cc1OC. The van der Waals surface area contributed by atoms with Gasteiger partial charge in [0.05, 0.1) is 13.7 Å². The van der Waals surface area contributed by atoms with Crippen LogP contribution < -0.4 is 14.8 Å². The van der Waals surface area contributed by atoms with Crippen molar-refractivity contribution in [2.75, 3.05) is 19.0 Å². The summed E-state index contributed by atoms with van der Waals surface area (Å²) < 4.78 is 13.1. The minimum Gasteiger partial charge on any atom is -0.493 e. The third kappa shape index (κ3) is 3.75. The molecular weight excluding hydrogens is 418 g/mol. The number of carbonyl (C=O) groups excluding carboxylic acids is 1. The summed E-state index contributed by atoms with van der Waals surface area (Å²) in [7, 11) is 1.62. The molecule has 33 heavy (non-hydrogen) atoms. The molecule has 1 unspecified atom stereocenters. The fraction of sp³-hybridized carbons (Fsp3) is 0.360. The van der Waals surface area contributed by atoms with Gasteiger partial charge in [-0.3, -0.25) is 9.78 Å². The average Bonchev–Trinajstić information content (AvgIpc) is 3.22. The Hall–Kier alpha value is -3.68. The van der Waals surface area contributed by atoms with E-state index in [4.69, 9.17) is 19.6 Å². The number of fused-ring (bicyclic) bond motifs is 1. The van der Waals surface area contributed by atoms with E-state index in [1.807, 2.05) is 37.3 Å². The number of ketones is 1. The van der Waals surface area contributed by atoms with Gasteiger partial charge in [0.25, 0.3) is 0 Å². The number of hydrogen-bond acceptors (Lipinski definition) is 7. The molecular formula is C25H27N5O3. The summed E-state index contributed by atoms with van der Waals surface area (Å²) in [5.74, 6) is 2.60. The van der Waals surface area contributed by atoms with Gasteiger partial charge in [-0.05, 0) is 48.6 Å². The van der Waals surface area contributed by atoms with Crippen molar-refractivity contribution in [1.82, 2.24) is 19.7 Å². The van der Waals surface area contributed by atoms with E-state index in [1.54, 1.807) is 24.2 Å². The zero-order valence-corrected chi connectivity index (χ0v) is 19.3. The first kappa shape index (κ1) is 21.2. The van der Waals surface area contributed by atoms with Crippen molar-refractivity contribution < 1.29 is 14.3 Å². The number of rotatable bonds is 5. The fourth-order valence-corrected chi connectivity index (χ4v) is 4.67. The van der Waals surface area contributed by atoms with Crippen LogP contribution in [0.4, 0.5) is 5.95 Å². The van der Waals surface area contributed by atoms with Gasteiger partial charge >= 0.3 is 0 Å². The standard InChI is InChI=1S/C25H27N5O3/c1-5-33-19-7-6-16(12-20(19)32-4)22-21-17(13-25(2,3)14-18(21)31)27-24-28-23(29-30(22)24)15-8-10-26-11-9-15/h6-12,22H,5,13-14H2,1-4H3,(H,27,28,29). The van der Waals surface area contributed by atoms with Crippen molar-refractivity contribution in [3.63, 3.8) is 0 Å². The molecule has 2 aliphatic rings. The highest BCUT2D eigenvalue weighted by atomic mass is 16.5. The second-order valence-corrected chi connectivity index (χ2v) is 9.14. The Kier molecular flexibility index (Phi) is 5.15. The lowest BCUT2D eigenvalue weighted by atomic mass is 9.73. The molecule has 1 aliphatic carbocycles. The number of ether oxygens (including phenoxy) is 2. The summed E-state index contributed by atoms with van der Waals surface area (Å²) >= 11 is 0. The normalized spacial score (nSPS) is 18.9. The Labute approximate surface area is 192 Å². The summed E-state index contributed by atoms with van der Waals surface area (Å²) in [5.41, 5.74) is 3.28. The van der Waals surface area contributed by atoms with Gasteiger partial charge < -0.3 is 14.8 Å². The Morgan fingerprint density at radius 1 is 1.15 bits per heavy atom. The van der Waals surface area contributed by atoms with Gasteiger partial charge in [-0.2, -0.15) is 4.98 Å². The van der Waals surface area contributed by atoms with Gasteiger partial charge in [-0.1, -0.05) is 19.9 Å². The van der Waals surface area contributed by atoms with Crippen LogP contribution in [0, 0.1) is 5.41 Å². The molecule has 3 heterocycles. The topological polar surface area (TPSA) is 91.2 Å². The molecule has 1 aliphatic heterocycles. The number of pyridine rings is 1. The van der Waals surface area contributed by atoms with E-state index in [1.165, 1.54) is 0 Å². The van der Waals surface area contributed by atoms with E-state index in [-0.39, 0.29) is 11.2 Å². The second-order valence-electron chi connectivity index (χ2n) is 9.14. The van der Waals surface area contributed by atoms with Crippen LogP contribution in [0.1, 0.15) is 45.2 Å². The summed E-state index contributed by atoms with van der Waals surface area (Å²) in [4.78, 5) is 22.3. The van der Waals surface area contributed by atoms with Gasteiger partial charge in [0, 0.05) is 35.6 Å². The van der Waals surface area contributed by atoms with Crippen LogP contribution in [-0.2, 0) is 4.79 Å². The van der Waals surface area contributed by atoms with Crippen molar-refractivity contribution in [2.45, 2.75) is 39.7 Å². The summed E-state index contributed by atoms with van der Waals surface area (Å²) in [6.07, 6.45) is 4.68. The highest BCUT2D eigenvalue weighted by Gasteiger charge is 2.42. The number of carbonyl (C=O) groups is 1. The Morgan fingerprint density at radius 2 is 1.94 bits per heavy atom. The predicted molar refractivity (Wildman–Crippen MR) is 124 cm³/mol. The number of hydrogen-bond donors (Lipinski definition) is 1. The molecule has 1 atom stereocenters. The quantitative estimate of drug-likeness (QED) is 0.622.